The Labute approximate surface area is 126 Å². The molecule has 1 N–H and O–H groups in total. The number of nitrogens with zero attached hydrogens (tertiary/aromatic N) is 2. The molecule has 2 fully saturated rings. The highest BCUT2D eigenvalue weighted by molar-refractivity contribution is 7.15. The third kappa shape index (κ3) is 3.34. The lowest BCUT2D eigenvalue weighted by atomic mass is 10.1. The molecular weight excluding hydrogens is 266 g/mol. The molecule has 0 aliphatic heterocycles. The third-order valence-corrected chi connectivity index (χ3v) is 5.20. The fourth-order valence-corrected chi connectivity index (χ4v) is 3.90. The van der Waals surface area contributed by atoms with Crippen LogP contribution in [0.1, 0.15) is 69.4 Å². The summed E-state index contributed by atoms with van der Waals surface area (Å²) in [4.78, 5) is 9.01. The monoisotopic (exact) mass is 293 g/mol. The van der Waals surface area contributed by atoms with Crippen molar-refractivity contribution in [1.82, 2.24) is 10.3 Å². The molecule has 1 aromatic heterocycles. The minimum absolute atomic E-state index is 0.527. The van der Waals surface area contributed by atoms with E-state index in [4.69, 9.17) is 4.98 Å². The van der Waals surface area contributed by atoms with Crippen molar-refractivity contribution < 1.29 is 0 Å². The molecule has 2 aliphatic carbocycles. The predicted molar refractivity (Wildman–Crippen MR) is 86.7 cm³/mol. The van der Waals surface area contributed by atoms with E-state index in [1.807, 2.05) is 11.3 Å². The lowest BCUT2D eigenvalue weighted by Crippen LogP contribution is -2.26. The van der Waals surface area contributed by atoms with Gasteiger partial charge in [-0.2, -0.15) is 0 Å². The molecule has 1 aromatic rings. The molecule has 0 radical (unpaired) electrons. The average Bonchev–Trinajstić information content (AvgIpc) is 3.32. The lowest BCUT2D eigenvalue weighted by Gasteiger charge is -2.20. The second-order valence-corrected chi connectivity index (χ2v) is 7.60. The molecule has 1 heterocycles. The Morgan fingerprint density at radius 3 is 2.60 bits per heavy atom. The Morgan fingerprint density at radius 2 is 2.05 bits per heavy atom. The number of anilines is 1. The van der Waals surface area contributed by atoms with Crippen LogP contribution in [0.2, 0.25) is 0 Å². The van der Waals surface area contributed by atoms with Gasteiger partial charge in [-0.15, -0.1) is 11.3 Å². The second kappa shape index (κ2) is 6.02. The van der Waals surface area contributed by atoms with Gasteiger partial charge in [0.25, 0.3) is 0 Å². The van der Waals surface area contributed by atoms with Gasteiger partial charge in [-0.25, -0.2) is 4.98 Å². The summed E-state index contributed by atoms with van der Waals surface area (Å²) in [5.41, 5.74) is 1.32. The van der Waals surface area contributed by atoms with E-state index in [2.05, 4.69) is 31.0 Å². The maximum absolute atomic E-state index is 4.99. The van der Waals surface area contributed by atoms with Crippen molar-refractivity contribution in [3.8, 4) is 0 Å². The molecule has 0 amide bonds. The molecule has 20 heavy (non-hydrogen) atoms. The molecule has 0 atom stereocenters. The van der Waals surface area contributed by atoms with E-state index < -0.39 is 0 Å². The Hall–Kier alpha value is -0.610. The van der Waals surface area contributed by atoms with Crippen LogP contribution in [0.5, 0.6) is 0 Å². The Balaban J connectivity index is 1.76. The number of nitrogens with one attached hydrogen (secondary N) is 1. The van der Waals surface area contributed by atoms with E-state index >= 15 is 0 Å². The second-order valence-electron chi connectivity index (χ2n) is 6.54. The zero-order valence-electron chi connectivity index (χ0n) is 13.0. The van der Waals surface area contributed by atoms with E-state index in [1.54, 1.807) is 0 Å². The van der Waals surface area contributed by atoms with Crippen molar-refractivity contribution in [2.75, 3.05) is 11.4 Å². The van der Waals surface area contributed by atoms with E-state index in [0.717, 1.165) is 25.2 Å². The first-order valence-electron chi connectivity index (χ1n) is 8.18. The first kappa shape index (κ1) is 14.3. The van der Waals surface area contributed by atoms with Gasteiger partial charge in [0.2, 0.25) is 0 Å². The molecular formula is C16H27N3S. The standard InChI is InChI=1S/C16H27N3S/c1-4-9-19(13-7-8-13)16-18-15(11(2)3)14(20-16)10-17-12-5-6-12/h11-13,17H,4-10H2,1-3H3. The van der Waals surface area contributed by atoms with E-state index in [9.17, 15) is 0 Å². The number of hydrogen-bond acceptors (Lipinski definition) is 4. The highest BCUT2D eigenvalue weighted by atomic mass is 32.1. The molecule has 3 rings (SSSR count). The van der Waals surface area contributed by atoms with E-state index in [-0.39, 0.29) is 0 Å². The first-order chi connectivity index (χ1) is 9.69. The van der Waals surface area contributed by atoms with Gasteiger partial charge < -0.3 is 10.2 Å². The quantitative estimate of drug-likeness (QED) is 0.788. The van der Waals surface area contributed by atoms with Gasteiger partial charge in [-0.05, 0) is 38.0 Å². The highest BCUT2D eigenvalue weighted by Gasteiger charge is 2.31. The molecule has 2 aliphatic rings. The summed E-state index contributed by atoms with van der Waals surface area (Å²) < 4.78 is 0. The van der Waals surface area contributed by atoms with Crippen molar-refractivity contribution in [3.63, 3.8) is 0 Å². The number of rotatable bonds is 8. The summed E-state index contributed by atoms with van der Waals surface area (Å²) in [5, 5.41) is 4.92. The highest BCUT2D eigenvalue weighted by Crippen LogP contribution is 2.37. The summed E-state index contributed by atoms with van der Waals surface area (Å²) in [6, 6.07) is 1.54. The fraction of sp³-hybridized carbons (Fsp3) is 0.812. The predicted octanol–water partition coefficient (Wildman–Crippen LogP) is 3.90. The molecule has 0 spiro atoms. The fourth-order valence-electron chi connectivity index (χ4n) is 2.64. The Bertz CT molecular complexity index is 447. The van der Waals surface area contributed by atoms with Crippen LogP contribution in [0.4, 0.5) is 5.13 Å². The van der Waals surface area contributed by atoms with Gasteiger partial charge in [-0.3, -0.25) is 0 Å². The lowest BCUT2D eigenvalue weighted by molar-refractivity contribution is 0.680. The summed E-state index contributed by atoms with van der Waals surface area (Å²) in [7, 11) is 0. The Kier molecular flexibility index (Phi) is 4.32. The van der Waals surface area contributed by atoms with Crippen LogP contribution in [0, 0.1) is 0 Å². The molecule has 0 aromatic carbocycles. The van der Waals surface area contributed by atoms with Crippen LogP contribution in [-0.4, -0.2) is 23.6 Å². The zero-order chi connectivity index (χ0) is 14.1. The van der Waals surface area contributed by atoms with Gasteiger partial charge in [0.05, 0.1) is 5.69 Å². The van der Waals surface area contributed by atoms with Crippen LogP contribution < -0.4 is 10.2 Å². The number of thiazole rings is 1. The van der Waals surface area contributed by atoms with Crippen LogP contribution in [0.15, 0.2) is 0 Å². The van der Waals surface area contributed by atoms with Gasteiger partial charge in [0.1, 0.15) is 0 Å². The smallest absolute Gasteiger partial charge is 0.186 e. The minimum atomic E-state index is 0.527. The van der Waals surface area contributed by atoms with Gasteiger partial charge in [0.15, 0.2) is 5.13 Å². The Morgan fingerprint density at radius 1 is 1.30 bits per heavy atom. The molecule has 0 bridgehead atoms. The normalized spacial score (nSPS) is 18.8. The molecule has 0 unspecified atom stereocenters. The molecule has 4 heteroatoms. The van der Waals surface area contributed by atoms with Crippen molar-refractivity contribution in [2.24, 2.45) is 0 Å². The SMILES string of the molecule is CCCN(c1nc(C(C)C)c(CNC2CC2)s1)C1CC1. The van der Waals surface area contributed by atoms with E-state index in [0.29, 0.717) is 5.92 Å². The van der Waals surface area contributed by atoms with Gasteiger partial charge in [0, 0.05) is 30.1 Å². The van der Waals surface area contributed by atoms with Crippen LogP contribution in [0.3, 0.4) is 0 Å². The first-order valence-corrected chi connectivity index (χ1v) is 9.00. The summed E-state index contributed by atoms with van der Waals surface area (Å²) in [6.45, 7) is 8.97. The number of aromatic nitrogens is 1. The van der Waals surface area contributed by atoms with Gasteiger partial charge in [-0.1, -0.05) is 20.8 Å². The van der Waals surface area contributed by atoms with Crippen LogP contribution in [-0.2, 0) is 6.54 Å². The summed E-state index contributed by atoms with van der Waals surface area (Å²) in [5.74, 6) is 0.527. The summed E-state index contributed by atoms with van der Waals surface area (Å²) in [6.07, 6.45) is 6.63. The summed E-state index contributed by atoms with van der Waals surface area (Å²) >= 11 is 1.93. The molecule has 2 saturated carbocycles. The average molecular weight is 293 g/mol. The zero-order valence-corrected chi connectivity index (χ0v) is 13.8. The molecule has 112 valence electrons. The third-order valence-electron chi connectivity index (χ3n) is 4.09. The van der Waals surface area contributed by atoms with Crippen molar-refractivity contribution in [2.45, 2.75) is 77.4 Å². The van der Waals surface area contributed by atoms with Crippen molar-refractivity contribution in [1.29, 1.82) is 0 Å². The topological polar surface area (TPSA) is 28.2 Å². The maximum Gasteiger partial charge on any atom is 0.186 e. The largest absolute Gasteiger partial charge is 0.345 e. The minimum Gasteiger partial charge on any atom is -0.345 e. The van der Waals surface area contributed by atoms with Gasteiger partial charge >= 0.3 is 0 Å². The molecule has 3 nitrogen and oxygen atoms in total. The maximum atomic E-state index is 4.99. The number of hydrogen-bond donors (Lipinski definition) is 1. The van der Waals surface area contributed by atoms with E-state index in [1.165, 1.54) is 47.8 Å². The van der Waals surface area contributed by atoms with Crippen molar-refractivity contribution >= 4 is 16.5 Å². The van der Waals surface area contributed by atoms with Crippen LogP contribution in [0.25, 0.3) is 0 Å². The van der Waals surface area contributed by atoms with Crippen molar-refractivity contribution in [3.05, 3.63) is 10.6 Å². The van der Waals surface area contributed by atoms with Crippen LogP contribution >= 0.6 is 11.3 Å². The molecule has 0 saturated heterocycles.